The number of amides is 1. The summed E-state index contributed by atoms with van der Waals surface area (Å²) in [7, 11) is 0. The van der Waals surface area contributed by atoms with Crippen LogP contribution in [-0.2, 0) is 9.47 Å². The van der Waals surface area contributed by atoms with Crippen molar-refractivity contribution < 1.29 is 14.3 Å². The zero-order valence-corrected chi connectivity index (χ0v) is 12.5. The van der Waals surface area contributed by atoms with Crippen molar-refractivity contribution in [2.24, 2.45) is 0 Å². The molecule has 0 unspecified atom stereocenters. The summed E-state index contributed by atoms with van der Waals surface area (Å²) >= 11 is 0. The van der Waals surface area contributed by atoms with Crippen LogP contribution >= 0.6 is 0 Å². The van der Waals surface area contributed by atoms with Crippen LogP contribution in [0.5, 0.6) is 0 Å². The molecular weight excluding hydrogens is 268 g/mol. The molecule has 2 rings (SSSR count). The highest BCUT2D eigenvalue weighted by molar-refractivity contribution is 5.94. The maximum absolute atomic E-state index is 12.2. The molecule has 1 aliphatic heterocycles. The van der Waals surface area contributed by atoms with Gasteiger partial charge in [-0.1, -0.05) is 11.6 Å². The minimum absolute atomic E-state index is 0.0305. The van der Waals surface area contributed by atoms with E-state index in [0.29, 0.717) is 25.4 Å². The average molecular weight is 290 g/mol. The number of hydrogen-bond acceptors (Lipinski definition) is 4. The van der Waals surface area contributed by atoms with E-state index < -0.39 is 0 Å². The zero-order chi connectivity index (χ0) is 15.1. The van der Waals surface area contributed by atoms with Crippen molar-refractivity contribution >= 4 is 5.91 Å². The van der Waals surface area contributed by atoms with Crippen LogP contribution in [0.1, 0.15) is 30.6 Å². The van der Waals surface area contributed by atoms with Crippen LogP contribution in [0.3, 0.4) is 0 Å². The van der Waals surface area contributed by atoms with Crippen molar-refractivity contribution in [1.82, 2.24) is 10.3 Å². The lowest BCUT2D eigenvalue weighted by Crippen LogP contribution is -2.50. The fourth-order valence-corrected chi connectivity index (χ4v) is 2.13. The molecule has 1 aliphatic rings. The van der Waals surface area contributed by atoms with E-state index in [1.165, 1.54) is 5.57 Å². The highest BCUT2D eigenvalue weighted by atomic mass is 16.5. The number of hydrogen-bond donors (Lipinski definition) is 1. The number of ether oxygens (including phenoxy) is 2. The molecule has 0 saturated carbocycles. The Kier molecular flexibility index (Phi) is 5.90. The smallest absolute Gasteiger partial charge is 0.253 e. The van der Waals surface area contributed by atoms with Gasteiger partial charge >= 0.3 is 0 Å². The first-order chi connectivity index (χ1) is 10.2. The quantitative estimate of drug-likeness (QED) is 0.842. The van der Waals surface area contributed by atoms with E-state index in [9.17, 15) is 4.79 Å². The summed E-state index contributed by atoms with van der Waals surface area (Å²) < 4.78 is 11.3. The zero-order valence-electron chi connectivity index (χ0n) is 12.5. The van der Waals surface area contributed by atoms with Gasteiger partial charge in [-0.05, 0) is 32.4 Å². The van der Waals surface area contributed by atoms with E-state index in [0.717, 1.165) is 6.42 Å². The molecule has 0 aromatic carbocycles. The van der Waals surface area contributed by atoms with Crippen molar-refractivity contribution in [3.63, 3.8) is 0 Å². The standard InChI is InChI=1S/C16H22N2O3/c1-12(2)5-9-21-15-11-20-8-6-14(15)18-16(19)13-4-3-7-17-10-13/h3-5,7,10,14-15H,6,8-9,11H2,1-2H3,(H,18,19)/t14-,15-/m1/s1. The summed E-state index contributed by atoms with van der Waals surface area (Å²) in [6.07, 6.45) is 5.87. The van der Waals surface area contributed by atoms with Crippen molar-refractivity contribution in [3.05, 3.63) is 41.7 Å². The summed E-state index contributed by atoms with van der Waals surface area (Å²) in [4.78, 5) is 16.1. The Morgan fingerprint density at radius 1 is 1.57 bits per heavy atom. The van der Waals surface area contributed by atoms with Gasteiger partial charge in [0, 0.05) is 19.0 Å². The molecule has 1 aromatic heterocycles. The summed E-state index contributed by atoms with van der Waals surface area (Å²) in [5, 5.41) is 3.02. The van der Waals surface area contributed by atoms with Crippen LogP contribution in [0.4, 0.5) is 0 Å². The number of aromatic nitrogens is 1. The molecule has 114 valence electrons. The number of allylic oxidation sites excluding steroid dienone is 1. The molecule has 0 bridgehead atoms. The molecule has 0 spiro atoms. The fourth-order valence-electron chi connectivity index (χ4n) is 2.13. The third-order valence-corrected chi connectivity index (χ3v) is 3.35. The predicted octanol–water partition coefficient (Wildman–Crippen LogP) is 1.95. The van der Waals surface area contributed by atoms with Gasteiger partial charge in [-0.2, -0.15) is 0 Å². The molecule has 1 amide bonds. The van der Waals surface area contributed by atoms with Gasteiger partial charge in [-0.15, -0.1) is 0 Å². The van der Waals surface area contributed by atoms with Gasteiger partial charge in [0.15, 0.2) is 0 Å². The molecule has 1 aromatic rings. The Morgan fingerprint density at radius 2 is 2.43 bits per heavy atom. The first kappa shape index (κ1) is 15.7. The number of nitrogens with zero attached hydrogens (tertiary/aromatic N) is 1. The second-order valence-corrected chi connectivity index (χ2v) is 5.34. The molecule has 1 fully saturated rings. The predicted molar refractivity (Wildman–Crippen MR) is 80.1 cm³/mol. The summed E-state index contributed by atoms with van der Waals surface area (Å²) in [6.45, 7) is 5.75. The Bertz CT molecular complexity index is 484. The molecule has 5 nitrogen and oxygen atoms in total. The minimum atomic E-state index is -0.120. The molecule has 1 saturated heterocycles. The lowest BCUT2D eigenvalue weighted by Gasteiger charge is -2.31. The van der Waals surface area contributed by atoms with Crippen molar-refractivity contribution in [3.8, 4) is 0 Å². The third-order valence-electron chi connectivity index (χ3n) is 3.35. The van der Waals surface area contributed by atoms with E-state index in [1.54, 1.807) is 24.5 Å². The van der Waals surface area contributed by atoms with Crippen LogP contribution in [0.2, 0.25) is 0 Å². The largest absolute Gasteiger partial charge is 0.379 e. The number of nitrogens with one attached hydrogen (secondary N) is 1. The van der Waals surface area contributed by atoms with Gasteiger partial charge in [0.05, 0.1) is 24.8 Å². The Balaban J connectivity index is 1.92. The molecule has 1 N–H and O–H groups in total. The van der Waals surface area contributed by atoms with E-state index >= 15 is 0 Å². The van der Waals surface area contributed by atoms with Crippen LogP contribution in [-0.4, -0.2) is 42.9 Å². The molecule has 0 radical (unpaired) electrons. The molecule has 2 heterocycles. The maximum atomic E-state index is 12.2. The van der Waals surface area contributed by atoms with Crippen LogP contribution in [0, 0.1) is 0 Å². The summed E-state index contributed by atoms with van der Waals surface area (Å²) in [5.74, 6) is -0.120. The van der Waals surface area contributed by atoms with E-state index in [4.69, 9.17) is 9.47 Å². The Morgan fingerprint density at radius 3 is 3.14 bits per heavy atom. The van der Waals surface area contributed by atoms with Gasteiger partial charge in [-0.25, -0.2) is 0 Å². The fraction of sp³-hybridized carbons (Fsp3) is 0.500. The first-order valence-corrected chi connectivity index (χ1v) is 7.20. The molecule has 21 heavy (non-hydrogen) atoms. The Hall–Kier alpha value is -1.72. The Labute approximate surface area is 125 Å². The second kappa shape index (κ2) is 7.90. The van der Waals surface area contributed by atoms with Gasteiger partial charge in [0.25, 0.3) is 5.91 Å². The summed E-state index contributed by atoms with van der Waals surface area (Å²) in [6, 6.07) is 3.47. The SMILES string of the molecule is CC(C)=CCO[C@@H]1COCC[C@H]1NC(=O)c1cccnc1. The van der Waals surface area contributed by atoms with E-state index in [2.05, 4.69) is 10.3 Å². The van der Waals surface area contributed by atoms with Crippen LogP contribution in [0.15, 0.2) is 36.2 Å². The minimum Gasteiger partial charge on any atom is -0.379 e. The number of pyridine rings is 1. The van der Waals surface area contributed by atoms with Crippen molar-refractivity contribution in [2.45, 2.75) is 32.4 Å². The lowest BCUT2D eigenvalue weighted by atomic mass is 10.1. The monoisotopic (exact) mass is 290 g/mol. The molecular formula is C16H22N2O3. The number of rotatable bonds is 5. The highest BCUT2D eigenvalue weighted by Gasteiger charge is 2.28. The van der Waals surface area contributed by atoms with Gasteiger partial charge in [0.2, 0.25) is 0 Å². The van der Waals surface area contributed by atoms with Crippen LogP contribution in [0.25, 0.3) is 0 Å². The lowest BCUT2D eigenvalue weighted by molar-refractivity contribution is -0.0589. The van der Waals surface area contributed by atoms with Crippen molar-refractivity contribution in [1.29, 1.82) is 0 Å². The maximum Gasteiger partial charge on any atom is 0.253 e. The first-order valence-electron chi connectivity index (χ1n) is 7.20. The topological polar surface area (TPSA) is 60.5 Å². The molecule has 2 atom stereocenters. The van der Waals surface area contributed by atoms with Gasteiger partial charge in [0.1, 0.15) is 6.10 Å². The third kappa shape index (κ3) is 4.95. The normalized spacial score (nSPS) is 21.6. The van der Waals surface area contributed by atoms with Gasteiger partial charge in [-0.3, -0.25) is 9.78 Å². The van der Waals surface area contributed by atoms with Crippen molar-refractivity contribution in [2.75, 3.05) is 19.8 Å². The van der Waals surface area contributed by atoms with Crippen LogP contribution < -0.4 is 5.32 Å². The molecule has 5 heteroatoms. The average Bonchev–Trinajstić information content (AvgIpc) is 2.49. The summed E-state index contributed by atoms with van der Waals surface area (Å²) in [5.41, 5.74) is 1.77. The number of carbonyl (C=O) groups excluding carboxylic acids is 1. The van der Waals surface area contributed by atoms with Gasteiger partial charge < -0.3 is 14.8 Å². The van der Waals surface area contributed by atoms with E-state index in [-0.39, 0.29) is 18.1 Å². The molecule has 0 aliphatic carbocycles. The van der Waals surface area contributed by atoms with E-state index in [1.807, 2.05) is 19.9 Å². The highest BCUT2D eigenvalue weighted by Crippen LogP contribution is 2.13. The number of carbonyl (C=O) groups is 1. The second-order valence-electron chi connectivity index (χ2n) is 5.34.